The minimum Gasteiger partial charge on any atom is -0.494 e. The van der Waals surface area contributed by atoms with Gasteiger partial charge in [0.1, 0.15) is 12.1 Å². The number of nitrogens with zero attached hydrogens (tertiary/aromatic N) is 2. The molecule has 2 aromatic rings. The predicted molar refractivity (Wildman–Crippen MR) is 90.6 cm³/mol. The lowest BCUT2D eigenvalue weighted by molar-refractivity contribution is 0.320. The monoisotopic (exact) mass is 366 g/mol. The number of anilines is 1. The standard InChI is InChI=1S/C16H19FN4O3S/c1-18-16-8-14(19-9-20-16)10-5-11(6-10)21-25(22,23)12-3-4-15(24-2)13(17)7-12/h3-4,7-11,21H,5-6H2,1-2H3,(H,18,19,20). The fourth-order valence-electron chi connectivity index (χ4n) is 2.79. The van der Waals surface area contributed by atoms with Crippen molar-refractivity contribution in [2.45, 2.75) is 29.7 Å². The molecule has 1 fully saturated rings. The van der Waals surface area contributed by atoms with Crippen LogP contribution in [0.25, 0.3) is 0 Å². The van der Waals surface area contributed by atoms with Gasteiger partial charge in [0.25, 0.3) is 0 Å². The Morgan fingerprint density at radius 3 is 2.64 bits per heavy atom. The van der Waals surface area contributed by atoms with Crippen molar-refractivity contribution in [2.75, 3.05) is 19.5 Å². The van der Waals surface area contributed by atoms with Gasteiger partial charge in [0.05, 0.1) is 12.0 Å². The van der Waals surface area contributed by atoms with Crippen molar-refractivity contribution in [1.82, 2.24) is 14.7 Å². The average molecular weight is 366 g/mol. The molecular weight excluding hydrogens is 347 g/mol. The van der Waals surface area contributed by atoms with Crippen molar-refractivity contribution in [3.05, 3.63) is 42.1 Å². The largest absolute Gasteiger partial charge is 0.494 e. The molecule has 0 spiro atoms. The Morgan fingerprint density at radius 2 is 2.00 bits per heavy atom. The first-order valence-electron chi connectivity index (χ1n) is 7.78. The number of methoxy groups -OCH3 is 1. The lowest BCUT2D eigenvalue weighted by Gasteiger charge is -2.35. The Kier molecular flexibility index (Phi) is 4.87. The van der Waals surface area contributed by atoms with Crippen LogP contribution in [0.1, 0.15) is 24.5 Å². The van der Waals surface area contributed by atoms with E-state index in [1.165, 1.54) is 25.6 Å². The molecule has 0 amide bonds. The third kappa shape index (κ3) is 3.72. The van der Waals surface area contributed by atoms with Crippen molar-refractivity contribution in [3.63, 3.8) is 0 Å². The van der Waals surface area contributed by atoms with Crippen LogP contribution >= 0.6 is 0 Å². The van der Waals surface area contributed by atoms with Gasteiger partial charge in [0.2, 0.25) is 10.0 Å². The number of aromatic nitrogens is 2. The molecule has 1 aliphatic carbocycles. The van der Waals surface area contributed by atoms with Crippen LogP contribution < -0.4 is 14.8 Å². The molecule has 0 bridgehead atoms. The summed E-state index contributed by atoms with van der Waals surface area (Å²) in [6.45, 7) is 0. The zero-order valence-electron chi connectivity index (χ0n) is 13.9. The summed E-state index contributed by atoms with van der Waals surface area (Å²) < 4.78 is 45.9. The van der Waals surface area contributed by atoms with Gasteiger partial charge in [-0.2, -0.15) is 0 Å². The number of benzene rings is 1. The van der Waals surface area contributed by atoms with Gasteiger partial charge in [-0.05, 0) is 31.0 Å². The van der Waals surface area contributed by atoms with Gasteiger partial charge in [-0.3, -0.25) is 0 Å². The lowest BCUT2D eigenvalue weighted by Crippen LogP contribution is -2.43. The molecule has 3 rings (SSSR count). The van der Waals surface area contributed by atoms with E-state index in [0.29, 0.717) is 12.8 Å². The van der Waals surface area contributed by atoms with Gasteiger partial charge in [0.15, 0.2) is 11.6 Å². The maximum absolute atomic E-state index is 13.7. The Labute approximate surface area is 145 Å². The summed E-state index contributed by atoms with van der Waals surface area (Å²) in [6, 6.07) is 5.24. The van der Waals surface area contributed by atoms with Crippen LogP contribution in [0.2, 0.25) is 0 Å². The molecule has 1 aromatic carbocycles. The van der Waals surface area contributed by atoms with Crippen LogP contribution in [-0.4, -0.2) is 38.6 Å². The van der Waals surface area contributed by atoms with Crippen molar-refractivity contribution in [1.29, 1.82) is 0 Å². The highest BCUT2D eigenvalue weighted by Gasteiger charge is 2.34. The van der Waals surface area contributed by atoms with Crippen LogP contribution in [0.15, 0.2) is 35.5 Å². The highest BCUT2D eigenvalue weighted by atomic mass is 32.2. The first-order chi connectivity index (χ1) is 11.9. The molecule has 1 saturated carbocycles. The van der Waals surface area contributed by atoms with E-state index in [2.05, 4.69) is 20.0 Å². The third-order valence-corrected chi connectivity index (χ3v) is 5.77. The Balaban J connectivity index is 1.64. The normalized spacial score (nSPS) is 20.0. The molecule has 0 radical (unpaired) electrons. The molecule has 134 valence electrons. The maximum Gasteiger partial charge on any atom is 0.240 e. The highest BCUT2D eigenvalue weighted by Crippen LogP contribution is 2.37. The summed E-state index contributed by atoms with van der Waals surface area (Å²) in [7, 11) is -0.676. The van der Waals surface area contributed by atoms with E-state index in [1.54, 1.807) is 7.05 Å². The second kappa shape index (κ2) is 6.93. The molecule has 2 N–H and O–H groups in total. The van der Waals surface area contributed by atoms with E-state index >= 15 is 0 Å². The van der Waals surface area contributed by atoms with Crippen LogP contribution in [0.5, 0.6) is 5.75 Å². The van der Waals surface area contributed by atoms with E-state index in [1.807, 2.05) is 6.07 Å². The summed E-state index contributed by atoms with van der Waals surface area (Å²) in [4.78, 5) is 8.18. The van der Waals surface area contributed by atoms with E-state index in [4.69, 9.17) is 4.74 Å². The van der Waals surface area contributed by atoms with Gasteiger partial charge in [-0.25, -0.2) is 27.5 Å². The predicted octanol–water partition coefficient (Wildman–Crippen LogP) is 1.89. The second-order valence-corrected chi connectivity index (χ2v) is 7.57. The Bertz CT molecular complexity index is 869. The minimum atomic E-state index is -3.78. The van der Waals surface area contributed by atoms with Crippen LogP contribution in [0.4, 0.5) is 10.2 Å². The quantitative estimate of drug-likeness (QED) is 0.811. The smallest absolute Gasteiger partial charge is 0.240 e. The lowest BCUT2D eigenvalue weighted by atomic mass is 9.78. The first-order valence-corrected chi connectivity index (χ1v) is 9.27. The molecule has 25 heavy (non-hydrogen) atoms. The maximum atomic E-state index is 13.7. The van der Waals surface area contributed by atoms with Crippen LogP contribution in [0.3, 0.4) is 0 Å². The SMILES string of the molecule is CNc1cc(C2CC(NS(=O)(=O)c3ccc(OC)c(F)c3)C2)ncn1. The summed E-state index contributed by atoms with van der Waals surface area (Å²) in [5, 5.41) is 2.95. The molecule has 1 heterocycles. The molecule has 0 aliphatic heterocycles. The van der Waals surface area contributed by atoms with E-state index in [0.717, 1.165) is 17.6 Å². The number of hydrogen-bond acceptors (Lipinski definition) is 6. The van der Waals surface area contributed by atoms with Gasteiger partial charge in [-0.15, -0.1) is 0 Å². The molecule has 0 atom stereocenters. The van der Waals surface area contributed by atoms with Gasteiger partial charge in [0, 0.05) is 30.8 Å². The summed E-state index contributed by atoms with van der Waals surface area (Å²) in [5.41, 5.74) is 0.880. The van der Waals surface area contributed by atoms with Gasteiger partial charge in [-0.1, -0.05) is 0 Å². The molecule has 1 aromatic heterocycles. The van der Waals surface area contributed by atoms with Gasteiger partial charge >= 0.3 is 0 Å². The zero-order valence-corrected chi connectivity index (χ0v) is 14.7. The van der Waals surface area contributed by atoms with Crippen LogP contribution in [-0.2, 0) is 10.0 Å². The topological polar surface area (TPSA) is 93.2 Å². The third-order valence-electron chi connectivity index (χ3n) is 4.26. The summed E-state index contributed by atoms with van der Waals surface area (Å²) in [6.07, 6.45) is 2.76. The van der Waals surface area contributed by atoms with E-state index < -0.39 is 15.8 Å². The molecular formula is C16H19FN4O3S. The fourth-order valence-corrected chi connectivity index (χ4v) is 4.06. The zero-order chi connectivity index (χ0) is 18.0. The number of halogens is 1. The average Bonchev–Trinajstić information content (AvgIpc) is 2.57. The molecule has 0 unspecified atom stereocenters. The first kappa shape index (κ1) is 17.6. The highest BCUT2D eigenvalue weighted by molar-refractivity contribution is 7.89. The molecule has 0 saturated heterocycles. The number of nitrogens with one attached hydrogen (secondary N) is 2. The number of sulfonamides is 1. The van der Waals surface area contributed by atoms with Crippen molar-refractivity contribution in [2.24, 2.45) is 0 Å². The van der Waals surface area contributed by atoms with E-state index in [-0.39, 0.29) is 22.6 Å². The van der Waals surface area contributed by atoms with E-state index in [9.17, 15) is 12.8 Å². The number of rotatable bonds is 6. The van der Waals surface area contributed by atoms with Crippen molar-refractivity contribution >= 4 is 15.8 Å². The number of ether oxygens (including phenoxy) is 1. The second-order valence-electron chi connectivity index (χ2n) is 5.86. The summed E-state index contributed by atoms with van der Waals surface area (Å²) >= 11 is 0. The van der Waals surface area contributed by atoms with Crippen molar-refractivity contribution in [3.8, 4) is 5.75 Å². The molecule has 1 aliphatic rings. The minimum absolute atomic E-state index is 0.00626. The Hall–Kier alpha value is -2.26. The van der Waals surface area contributed by atoms with Crippen molar-refractivity contribution < 1.29 is 17.5 Å². The molecule has 9 heteroatoms. The van der Waals surface area contributed by atoms with Gasteiger partial charge < -0.3 is 10.1 Å². The number of hydrogen-bond donors (Lipinski definition) is 2. The molecule has 7 nitrogen and oxygen atoms in total. The fraction of sp³-hybridized carbons (Fsp3) is 0.375. The van der Waals surface area contributed by atoms with Crippen LogP contribution in [0, 0.1) is 5.82 Å². The summed E-state index contributed by atoms with van der Waals surface area (Å²) in [5.74, 6) is 0.197. The Morgan fingerprint density at radius 1 is 1.24 bits per heavy atom.